The standard InChI is InChI=1S/C9H20O3S/c1-3-12-7-9(10)8-13-6-4-5-11-2/h9-10H,3-8H2,1-2H3. The number of ether oxygens (including phenoxy) is 2. The molecule has 1 unspecified atom stereocenters. The second kappa shape index (κ2) is 10.3. The molecule has 1 atom stereocenters. The number of hydrogen-bond donors (Lipinski definition) is 1. The summed E-state index contributed by atoms with van der Waals surface area (Å²) < 4.78 is 10.00. The van der Waals surface area contributed by atoms with Crippen LogP contribution in [0.1, 0.15) is 13.3 Å². The van der Waals surface area contributed by atoms with Crippen LogP contribution in [-0.4, -0.2) is 49.6 Å². The molecule has 0 saturated heterocycles. The molecule has 0 aromatic carbocycles. The molecule has 3 nitrogen and oxygen atoms in total. The zero-order chi connectivity index (χ0) is 9.94. The first kappa shape index (κ1) is 13.2. The molecule has 0 saturated carbocycles. The summed E-state index contributed by atoms with van der Waals surface area (Å²) in [5, 5.41) is 9.36. The van der Waals surface area contributed by atoms with Crippen LogP contribution in [0, 0.1) is 0 Å². The Hall–Kier alpha value is 0.230. The van der Waals surface area contributed by atoms with Crippen molar-refractivity contribution in [3.8, 4) is 0 Å². The number of methoxy groups -OCH3 is 1. The number of rotatable bonds is 9. The van der Waals surface area contributed by atoms with Crippen molar-refractivity contribution in [2.75, 3.05) is 38.4 Å². The molecule has 0 spiro atoms. The first-order chi connectivity index (χ1) is 6.31. The van der Waals surface area contributed by atoms with Crippen LogP contribution in [0.15, 0.2) is 0 Å². The van der Waals surface area contributed by atoms with E-state index in [0.29, 0.717) is 13.2 Å². The summed E-state index contributed by atoms with van der Waals surface area (Å²) in [5.41, 5.74) is 0. The summed E-state index contributed by atoms with van der Waals surface area (Å²) in [6.45, 7) is 3.85. The van der Waals surface area contributed by atoms with E-state index in [2.05, 4.69) is 0 Å². The fourth-order valence-corrected chi connectivity index (χ4v) is 1.68. The topological polar surface area (TPSA) is 38.7 Å². The molecule has 4 heteroatoms. The minimum absolute atomic E-state index is 0.326. The van der Waals surface area contributed by atoms with Crippen molar-refractivity contribution in [2.24, 2.45) is 0 Å². The molecule has 0 aliphatic carbocycles. The normalized spacial score (nSPS) is 13.2. The maximum Gasteiger partial charge on any atom is 0.0863 e. The molecule has 0 heterocycles. The lowest BCUT2D eigenvalue weighted by molar-refractivity contribution is 0.0551. The molecule has 80 valence electrons. The Morgan fingerprint density at radius 1 is 1.46 bits per heavy atom. The first-order valence-electron chi connectivity index (χ1n) is 4.63. The van der Waals surface area contributed by atoms with Gasteiger partial charge in [-0.15, -0.1) is 0 Å². The highest BCUT2D eigenvalue weighted by atomic mass is 32.2. The number of hydrogen-bond acceptors (Lipinski definition) is 4. The van der Waals surface area contributed by atoms with Crippen molar-refractivity contribution < 1.29 is 14.6 Å². The Kier molecular flexibility index (Phi) is 10.5. The van der Waals surface area contributed by atoms with Gasteiger partial charge in [0.15, 0.2) is 0 Å². The molecule has 0 fully saturated rings. The van der Waals surface area contributed by atoms with Gasteiger partial charge in [-0.3, -0.25) is 0 Å². The summed E-state index contributed by atoms with van der Waals surface area (Å²) in [6, 6.07) is 0. The maximum absolute atomic E-state index is 9.36. The van der Waals surface area contributed by atoms with Crippen LogP contribution in [0.3, 0.4) is 0 Å². The van der Waals surface area contributed by atoms with Crippen LogP contribution in [-0.2, 0) is 9.47 Å². The quantitative estimate of drug-likeness (QED) is 0.577. The highest BCUT2D eigenvalue weighted by Crippen LogP contribution is 2.05. The van der Waals surface area contributed by atoms with Gasteiger partial charge in [0, 0.05) is 26.1 Å². The smallest absolute Gasteiger partial charge is 0.0863 e. The minimum Gasteiger partial charge on any atom is -0.390 e. The average molecular weight is 208 g/mol. The van der Waals surface area contributed by atoms with Gasteiger partial charge in [0.1, 0.15) is 0 Å². The summed E-state index contributed by atoms with van der Waals surface area (Å²) >= 11 is 1.74. The maximum atomic E-state index is 9.36. The van der Waals surface area contributed by atoms with E-state index in [1.807, 2.05) is 6.92 Å². The Labute approximate surface area is 84.8 Å². The predicted molar refractivity (Wildman–Crippen MR) is 56.3 cm³/mol. The van der Waals surface area contributed by atoms with Gasteiger partial charge < -0.3 is 14.6 Å². The second-order valence-electron chi connectivity index (χ2n) is 2.73. The molecule has 0 radical (unpaired) electrons. The zero-order valence-electron chi connectivity index (χ0n) is 8.49. The van der Waals surface area contributed by atoms with E-state index in [1.165, 1.54) is 0 Å². The van der Waals surface area contributed by atoms with E-state index in [4.69, 9.17) is 9.47 Å². The highest BCUT2D eigenvalue weighted by Gasteiger charge is 2.02. The first-order valence-corrected chi connectivity index (χ1v) is 5.79. The molecule has 0 aromatic rings. The number of thioether (sulfide) groups is 1. The Morgan fingerprint density at radius 3 is 2.85 bits per heavy atom. The lowest BCUT2D eigenvalue weighted by Crippen LogP contribution is -2.18. The van der Waals surface area contributed by atoms with Gasteiger partial charge in [0.05, 0.1) is 12.7 Å². The summed E-state index contributed by atoms with van der Waals surface area (Å²) in [4.78, 5) is 0. The third-order valence-corrected chi connectivity index (χ3v) is 2.66. The van der Waals surface area contributed by atoms with Crippen molar-refractivity contribution in [1.29, 1.82) is 0 Å². The summed E-state index contributed by atoms with van der Waals surface area (Å²) in [7, 11) is 1.70. The van der Waals surface area contributed by atoms with Crippen LogP contribution in [0.25, 0.3) is 0 Å². The molecule has 0 amide bonds. The van der Waals surface area contributed by atoms with E-state index in [0.717, 1.165) is 24.5 Å². The molecular formula is C9H20O3S. The lowest BCUT2D eigenvalue weighted by Gasteiger charge is -2.09. The van der Waals surface area contributed by atoms with Gasteiger partial charge in [-0.05, 0) is 19.1 Å². The Bertz CT molecular complexity index is 101. The van der Waals surface area contributed by atoms with Crippen molar-refractivity contribution in [3.05, 3.63) is 0 Å². The minimum atomic E-state index is -0.326. The largest absolute Gasteiger partial charge is 0.390 e. The van der Waals surface area contributed by atoms with Crippen molar-refractivity contribution in [2.45, 2.75) is 19.4 Å². The van der Waals surface area contributed by atoms with Gasteiger partial charge in [0.25, 0.3) is 0 Å². The predicted octanol–water partition coefficient (Wildman–Crippen LogP) is 1.15. The van der Waals surface area contributed by atoms with Crippen molar-refractivity contribution >= 4 is 11.8 Å². The van der Waals surface area contributed by atoms with Crippen LogP contribution >= 0.6 is 11.8 Å². The van der Waals surface area contributed by atoms with Gasteiger partial charge in [-0.2, -0.15) is 11.8 Å². The van der Waals surface area contributed by atoms with Crippen LogP contribution in [0.4, 0.5) is 0 Å². The van der Waals surface area contributed by atoms with E-state index < -0.39 is 0 Å². The highest BCUT2D eigenvalue weighted by molar-refractivity contribution is 7.99. The molecule has 0 bridgehead atoms. The average Bonchev–Trinajstić information content (AvgIpc) is 2.14. The fraction of sp³-hybridized carbons (Fsp3) is 1.00. The van der Waals surface area contributed by atoms with Gasteiger partial charge in [-0.1, -0.05) is 0 Å². The molecule has 0 rings (SSSR count). The van der Waals surface area contributed by atoms with Gasteiger partial charge in [0.2, 0.25) is 0 Å². The monoisotopic (exact) mass is 208 g/mol. The molecular weight excluding hydrogens is 188 g/mol. The Morgan fingerprint density at radius 2 is 2.23 bits per heavy atom. The van der Waals surface area contributed by atoms with E-state index >= 15 is 0 Å². The molecule has 0 aliphatic rings. The third kappa shape index (κ3) is 10.1. The molecule has 1 N–H and O–H groups in total. The summed E-state index contributed by atoms with van der Waals surface area (Å²) in [6.07, 6.45) is 0.718. The zero-order valence-corrected chi connectivity index (χ0v) is 9.31. The number of aliphatic hydroxyl groups is 1. The SMILES string of the molecule is CCOCC(O)CSCCCOC. The second-order valence-corrected chi connectivity index (χ2v) is 3.88. The van der Waals surface area contributed by atoms with Crippen LogP contribution in [0.5, 0.6) is 0 Å². The fourth-order valence-electron chi connectivity index (χ4n) is 0.827. The van der Waals surface area contributed by atoms with Gasteiger partial charge >= 0.3 is 0 Å². The van der Waals surface area contributed by atoms with E-state index in [1.54, 1.807) is 18.9 Å². The number of aliphatic hydroxyl groups excluding tert-OH is 1. The van der Waals surface area contributed by atoms with Gasteiger partial charge in [-0.25, -0.2) is 0 Å². The lowest BCUT2D eigenvalue weighted by atomic mass is 10.4. The molecule has 0 aromatic heterocycles. The molecule has 13 heavy (non-hydrogen) atoms. The van der Waals surface area contributed by atoms with E-state index in [-0.39, 0.29) is 6.10 Å². The van der Waals surface area contributed by atoms with Crippen LogP contribution in [0.2, 0.25) is 0 Å². The Balaban J connectivity index is 3.03. The van der Waals surface area contributed by atoms with E-state index in [9.17, 15) is 5.11 Å². The van der Waals surface area contributed by atoms with Crippen molar-refractivity contribution in [3.63, 3.8) is 0 Å². The molecule has 0 aliphatic heterocycles. The summed E-state index contributed by atoms with van der Waals surface area (Å²) in [5.74, 6) is 1.79. The van der Waals surface area contributed by atoms with Crippen molar-refractivity contribution in [1.82, 2.24) is 0 Å². The van der Waals surface area contributed by atoms with Crippen LogP contribution < -0.4 is 0 Å². The third-order valence-electron chi connectivity index (χ3n) is 1.46.